The zero-order valence-electron chi connectivity index (χ0n) is 13.3. The van der Waals surface area contributed by atoms with Crippen molar-refractivity contribution in [3.63, 3.8) is 0 Å². The molecular weight excluding hydrogens is 292 g/mol. The van der Waals surface area contributed by atoms with E-state index in [1.807, 2.05) is 30.8 Å². The van der Waals surface area contributed by atoms with Crippen LogP contribution in [0.5, 0.6) is 0 Å². The Hall–Kier alpha value is -2.04. The number of urea groups is 1. The molecule has 0 aliphatic carbocycles. The summed E-state index contributed by atoms with van der Waals surface area (Å²) in [6, 6.07) is 5.65. The predicted molar refractivity (Wildman–Crippen MR) is 95.9 cm³/mol. The number of thioether (sulfide) groups is 1. The van der Waals surface area contributed by atoms with Crippen LogP contribution in [-0.2, 0) is 5.75 Å². The van der Waals surface area contributed by atoms with Gasteiger partial charge in [-0.15, -0.1) is 12.8 Å². The van der Waals surface area contributed by atoms with Crippen LogP contribution in [0.2, 0.25) is 0 Å². The van der Waals surface area contributed by atoms with Crippen LogP contribution >= 0.6 is 11.8 Å². The Bertz CT molecular complexity index is 580. The molecule has 0 aliphatic rings. The van der Waals surface area contributed by atoms with Gasteiger partial charge in [-0.1, -0.05) is 37.8 Å². The van der Waals surface area contributed by atoms with E-state index in [2.05, 4.69) is 37.1 Å². The first-order valence-electron chi connectivity index (χ1n) is 7.12. The molecule has 0 atom stereocenters. The molecule has 1 aromatic carbocycles. The minimum atomic E-state index is -0.271. The van der Waals surface area contributed by atoms with Crippen molar-refractivity contribution in [1.29, 1.82) is 0 Å². The molecule has 116 valence electrons. The fourth-order valence-electron chi connectivity index (χ4n) is 1.85. The number of nitrogens with zero attached hydrogens (tertiary/aromatic N) is 1. The quantitative estimate of drug-likeness (QED) is 0.811. The van der Waals surface area contributed by atoms with Gasteiger partial charge in [-0.2, -0.15) is 11.8 Å². The van der Waals surface area contributed by atoms with E-state index in [1.165, 1.54) is 10.5 Å². The number of hydrogen-bond acceptors (Lipinski definition) is 2. The molecule has 1 aromatic rings. The number of nitrogens with one attached hydrogen (secondary N) is 1. The van der Waals surface area contributed by atoms with E-state index in [9.17, 15) is 4.79 Å². The van der Waals surface area contributed by atoms with Crippen LogP contribution < -0.4 is 5.32 Å². The molecular formula is C18H22N2OS. The van der Waals surface area contributed by atoms with Crippen LogP contribution in [0.1, 0.15) is 25.0 Å². The summed E-state index contributed by atoms with van der Waals surface area (Å²) in [5.74, 6) is 5.81. The van der Waals surface area contributed by atoms with Gasteiger partial charge >= 0.3 is 6.03 Å². The highest BCUT2D eigenvalue weighted by Crippen LogP contribution is 2.25. The van der Waals surface area contributed by atoms with Crippen molar-refractivity contribution >= 4 is 23.5 Å². The molecule has 0 saturated carbocycles. The number of rotatable bonds is 6. The smallest absolute Gasteiger partial charge is 0.308 e. The molecule has 3 nitrogen and oxygen atoms in total. The van der Waals surface area contributed by atoms with E-state index >= 15 is 0 Å². The second kappa shape index (κ2) is 9.07. The van der Waals surface area contributed by atoms with Crippen molar-refractivity contribution in [3.05, 3.63) is 29.3 Å². The van der Waals surface area contributed by atoms with Gasteiger partial charge in [0.05, 0.1) is 13.1 Å². The van der Waals surface area contributed by atoms with Crippen molar-refractivity contribution in [2.45, 2.75) is 31.8 Å². The van der Waals surface area contributed by atoms with Crippen LogP contribution in [0.15, 0.2) is 18.2 Å². The van der Waals surface area contributed by atoms with Gasteiger partial charge < -0.3 is 10.2 Å². The SMILES string of the molecule is C#CCN(CC#C)C(=O)Nc1cccc(CSC(C)C)c1C. The van der Waals surface area contributed by atoms with Crippen LogP contribution in [0.25, 0.3) is 0 Å². The standard InChI is InChI=1S/C18H22N2OS/c1-6-11-20(12-7-2)18(21)19-17-10-8-9-16(15(17)5)13-22-14(3)4/h1-2,8-10,14H,11-13H2,3-5H3,(H,19,21). The molecule has 0 saturated heterocycles. The average molecular weight is 314 g/mol. The van der Waals surface area contributed by atoms with Crippen molar-refractivity contribution in [3.8, 4) is 24.7 Å². The lowest BCUT2D eigenvalue weighted by Crippen LogP contribution is -2.35. The van der Waals surface area contributed by atoms with Gasteiger partial charge in [-0.05, 0) is 29.4 Å². The minimum absolute atomic E-state index is 0.192. The molecule has 0 heterocycles. The molecule has 0 fully saturated rings. The number of amides is 2. The molecule has 1 rings (SSSR count). The van der Waals surface area contributed by atoms with Crippen molar-refractivity contribution in [2.24, 2.45) is 0 Å². The molecule has 0 unspecified atom stereocenters. The Balaban J connectivity index is 2.85. The molecule has 1 N–H and O–H groups in total. The Morgan fingerprint density at radius 3 is 2.50 bits per heavy atom. The normalized spacial score (nSPS) is 9.91. The van der Waals surface area contributed by atoms with E-state index in [1.54, 1.807) is 0 Å². The van der Waals surface area contributed by atoms with Crippen molar-refractivity contribution < 1.29 is 4.79 Å². The molecule has 2 amide bonds. The molecule has 0 aromatic heterocycles. The number of benzene rings is 1. The highest BCUT2D eigenvalue weighted by molar-refractivity contribution is 7.99. The van der Waals surface area contributed by atoms with Gasteiger partial charge in [-0.3, -0.25) is 0 Å². The van der Waals surface area contributed by atoms with Gasteiger partial charge in [0.2, 0.25) is 0 Å². The number of anilines is 1. The molecule has 4 heteroatoms. The lowest BCUT2D eigenvalue weighted by atomic mass is 10.1. The summed E-state index contributed by atoms with van der Waals surface area (Å²) in [7, 11) is 0. The van der Waals surface area contributed by atoms with E-state index in [4.69, 9.17) is 12.8 Å². The van der Waals surface area contributed by atoms with Gasteiger partial charge in [0, 0.05) is 11.4 Å². The molecule has 0 spiro atoms. The Kier molecular flexibility index (Phi) is 7.43. The zero-order valence-corrected chi connectivity index (χ0v) is 14.2. The first kappa shape index (κ1) is 18.0. The summed E-state index contributed by atoms with van der Waals surface area (Å²) in [6.45, 7) is 6.74. The predicted octanol–water partition coefficient (Wildman–Crippen LogP) is 3.74. The highest BCUT2D eigenvalue weighted by Gasteiger charge is 2.13. The Labute approximate surface area is 137 Å². The maximum atomic E-state index is 12.2. The topological polar surface area (TPSA) is 32.3 Å². The van der Waals surface area contributed by atoms with Crippen LogP contribution in [0.4, 0.5) is 10.5 Å². The van der Waals surface area contributed by atoms with E-state index in [0.717, 1.165) is 17.0 Å². The Morgan fingerprint density at radius 1 is 1.32 bits per heavy atom. The van der Waals surface area contributed by atoms with Gasteiger partial charge in [0.1, 0.15) is 0 Å². The monoisotopic (exact) mass is 314 g/mol. The minimum Gasteiger partial charge on any atom is -0.308 e. The van der Waals surface area contributed by atoms with Crippen molar-refractivity contribution in [2.75, 3.05) is 18.4 Å². The van der Waals surface area contributed by atoms with Gasteiger partial charge in [0.25, 0.3) is 0 Å². The number of terminal acetylenes is 2. The van der Waals surface area contributed by atoms with Crippen LogP contribution in [0, 0.1) is 31.6 Å². The van der Waals surface area contributed by atoms with E-state index < -0.39 is 0 Å². The number of carbonyl (C=O) groups excluding carboxylic acids is 1. The van der Waals surface area contributed by atoms with E-state index in [0.29, 0.717) is 5.25 Å². The largest absolute Gasteiger partial charge is 0.323 e. The molecule has 0 radical (unpaired) electrons. The lowest BCUT2D eigenvalue weighted by Gasteiger charge is -2.20. The van der Waals surface area contributed by atoms with E-state index in [-0.39, 0.29) is 19.1 Å². The number of carbonyl (C=O) groups is 1. The zero-order chi connectivity index (χ0) is 16.5. The maximum absolute atomic E-state index is 12.2. The highest BCUT2D eigenvalue weighted by atomic mass is 32.2. The first-order chi connectivity index (χ1) is 10.5. The maximum Gasteiger partial charge on any atom is 0.323 e. The third-order valence-electron chi connectivity index (χ3n) is 3.11. The summed E-state index contributed by atoms with van der Waals surface area (Å²) in [5.41, 5.74) is 3.09. The second-order valence-corrected chi connectivity index (χ2v) is 6.71. The lowest BCUT2D eigenvalue weighted by molar-refractivity contribution is 0.223. The summed E-state index contributed by atoms with van der Waals surface area (Å²) in [5, 5.41) is 3.46. The summed E-state index contributed by atoms with van der Waals surface area (Å²) >= 11 is 1.87. The molecule has 0 bridgehead atoms. The van der Waals surface area contributed by atoms with Gasteiger partial charge in [0.15, 0.2) is 0 Å². The van der Waals surface area contributed by atoms with Crippen molar-refractivity contribution in [1.82, 2.24) is 4.90 Å². The average Bonchev–Trinajstić information content (AvgIpc) is 2.47. The Morgan fingerprint density at radius 2 is 1.95 bits per heavy atom. The summed E-state index contributed by atoms with van der Waals surface area (Å²) in [4.78, 5) is 13.7. The third-order valence-corrected chi connectivity index (χ3v) is 4.26. The van der Waals surface area contributed by atoms with Gasteiger partial charge in [-0.25, -0.2) is 4.79 Å². The fraction of sp³-hybridized carbons (Fsp3) is 0.389. The second-order valence-electron chi connectivity index (χ2n) is 5.14. The summed E-state index contributed by atoms with van der Waals surface area (Å²) < 4.78 is 0. The van der Waals surface area contributed by atoms with Crippen LogP contribution in [0.3, 0.4) is 0 Å². The fourth-order valence-corrected chi connectivity index (χ4v) is 2.67. The molecule has 22 heavy (non-hydrogen) atoms. The molecule has 0 aliphatic heterocycles. The third kappa shape index (κ3) is 5.39. The van der Waals surface area contributed by atoms with Crippen LogP contribution in [-0.4, -0.2) is 29.3 Å². The number of hydrogen-bond donors (Lipinski definition) is 1. The first-order valence-corrected chi connectivity index (χ1v) is 8.17. The summed E-state index contributed by atoms with van der Waals surface area (Å²) in [6.07, 6.45) is 10.5.